The molecular weight excluding hydrogens is 527 g/mol. The van der Waals surface area contributed by atoms with Crippen LogP contribution in [0.1, 0.15) is 45.2 Å². The van der Waals surface area contributed by atoms with Crippen molar-refractivity contribution in [3.05, 3.63) is 42.0 Å². The lowest BCUT2D eigenvalue weighted by atomic mass is 10.1. The maximum absolute atomic E-state index is 15.6. The molecule has 1 aliphatic heterocycles. The van der Waals surface area contributed by atoms with Gasteiger partial charge >= 0.3 is 6.09 Å². The predicted octanol–water partition coefficient (Wildman–Crippen LogP) is 5.24. The summed E-state index contributed by atoms with van der Waals surface area (Å²) >= 11 is 0. The lowest BCUT2D eigenvalue weighted by Gasteiger charge is -2.36. The van der Waals surface area contributed by atoms with E-state index in [2.05, 4.69) is 16.1 Å². The number of methoxy groups -OCH3 is 1. The molecule has 1 saturated heterocycles. The van der Waals surface area contributed by atoms with Gasteiger partial charge in [0.2, 0.25) is 0 Å². The van der Waals surface area contributed by atoms with E-state index in [1.54, 1.807) is 22.8 Å². The van der Waals surface area contributed by atoms with E-state index in [-0.39, 0.29) is 24.2 Å². The van der Waals surface area contributed by atoms with Gasteiger partial charge in [0.05, 0.1) is 16.8 Å². The van der Waals surface area contributed by atoms with E-state index in [1.807, 2.05) is 39.0 Å². The quantitative estimate of drug-likeness (QED) is 0.295. The molecule has 0 unspecified atom stereocenters. The Labute approximate surface area is 238 Å². The number of carbonyl (C=O) groups excluding carboxylic acids is 1. The highest BCUT2D eigenvalue weighted by Crippen LogP contribution is 2.44. The summed E-state index contributed by atoms with van der Waals surface area (Å²) < 4.78 is 33.5. The molecule has 2 aliphatic rings. The molecule has 6 rings (SSSR count). The second-order valence-corrected chi connectivity index (χ2v) is 11.7. The van der Waals surface area contributed by atoms with E-state index in [4.69, 9.17) is 24.2 Å². The number of hydrogen-bond acceptors (Lipinski definition) is 8. The van der Waals surface area contributed by atoms with Gasteiger partial charge in [0.25, 0.3) is 0 Å². The second kappa shape index (κ2) is 10.4. The fraction of sp³-hybridized carbons (Fsp3) is 0.467. The normalized spacial score (nSPS) is 16.0. The number of nitrogens with zero attached hydrogens (tertiary/aromatic N) is 6. The molecular formula is C30H35FN6O4. The third-order valence-electron chi connectivity index (χ3n) is 7.34. The summed E-state index contributed by atoms with van der Waals surface area (Å²) in [4.78, 5) is 26.4. The Kier molecular flexibility index (Phi) is 6.93. The molecule has 4 aromatic rings. The summed E-state index contributed by atoms with van der Waals surface area (Å²) in [5.74, 6) is 0.203. The summed E-state index contributed by atoms with van der Waals surface area (Å²) in [6, 6.07) is 8.01. The summed E-state index contributed by atoms with van der Waals surface area (Å²) in [7, 11) is 3.24. The molecule has 0 N–H and O–H groups in total. The number of anilines is 1. The minimum Gasteiger partial charge on any atom is -0.464 e. The average molecular weight is 563 g/mol. The number of benzene rings is 2. The van der Waals surface area contributed by atoms with Crippen molar-refractivity contribution in [1.29, 1.82) is 0 Å². The van der Waals surface area contributed by atoms with Crippen LogP contribution in [0.5, 0.6) is 5.75 Å². The van der Waals surface area contributed by atoms with Crippen LogP contribution in [0.3, 0.4) is 0 Å². The SMILES string of the molecule is COCOc1c(-c2nc(C3CC3)c3cc(N4CCN(C(=O)OC(C)(C)C)CC4)ccc3n2)cc2cn(C)nc2c1F. The van der Waals surface area contributed by atoms with E-state index < -0.39 is 11.4 Å². The van der Waals surface area contributed by atoms with Gasteiger partial charge in [0.1, 0.15) is 11.1 Å². The molecule has 2 aromatic carbocycles. The molecule has 2 aromatic heterocycles. The first kappa shape index (κ1) is 27.2. The molecule has 1 amide bonds. The molecule has 1 aliphatic carbocycles. The summed E-state index contributed by atoms with van der Waals surface area (Å²) in [5, 5.41) is 5.88. The third-order valence-corrected chi connectivity index (χ3v) is 7.34. The topological polar surface area (TPSA) is 94.8 Å². The standard InChI is InChI=1S/C30H35FN6O4/c1-30(2,3)41-29(38)37-12-10-36(11-13-37)20-8-9-23-21(15-20)25(18-6-7-18)33-28(32-23)22-14-19-16-35(4)34-26(19)24(31)27(22)40-17-39-5/h8-9,14-16,18H,6-7,10-13,17H2,1-5H3. The number of carbonyl (C=O) groups is 1. The van der Waals surface area contributed by atoms with Crippen LogP contribution >= 0.6 is 0 Å². The zero-order valence-electron chi connectivity index (χ0n) is 24.1. The summed E-state index contributed by atoms with van der Waals surface area (Å²) in [6.07, 6.45) is 3.59. The Morgan fingerprint density at radius 1 is 1.10 bits per heavy atom. The van der Waals surface area contributed by atoms with E-state index >= 15 is 4.39 Å². The van der Waals surface area contributed by atoms with Gasteiger partial charge in [-0.05, 0) is 57.9 Å². The molecule has 2 fully saturated rings. The Hall–Kier alpha value is -3.99. The number of ether oxygens (including phenoxy) is 3. The number of aryl methyl sites for hydroxylation is 1. The largest absolute Gasteiger partial charge is 0.464 e. The van der Waals surface area contributed by atoms with Gasteiger partial charge in [0.15, 0.2) is 24.2 Å². The highest BCUT2D eigenvalue weighted by atomic mass is 19.1. The number of aromatic nitrogens is 4. The van der Waals surface area contributed by atoms with Crippen molar-refractivity contribution in [1.82, 2.24) is 24.6 Å². The van der Waals surface area contributed by atoms with Crippen LogP contribution in [0.4, 0.5) is 14.9 Å². The van der Waals surface area contributed by atoms with Crippen molar-refractivity contribution in [3.8, 4) is 17.1 Å². The van der Waals surface area contributed by atoms with E-state index in [9.17, 15) is 4.79 Å². The van der Waals surface area contributed by atoms with Crippen LogP contribution in [-0.2, 0) is 16.5 Å². The average Bonchev–Trinajstić information content (AvgIpc) is 3.71. The van der Waals surface area contributed by atoms with Crippen LogP contribution in [0.2, 0.25) is 0 Å². The molecule has 10 nitrogen and oxygen atoms in total. The number of halogens is 1. The number of amides is 1. The minimum atomic E-state index is -0.562. The van der Waals surface area contributed by atoms with Gasteiger partial charge in [-0.3, -0.25) is 4.68 Å². The lowest BCUT2D eigenvalue weighted by molar-refractivity contribution is 0.0240. The van der Waals surface area contributed by atoms with Gasteiger partial charge in [-0.25, -0.2) is 19.2 Å². The molecule has 11 heteroatoms. The van der Waals surface area contributed by atoms with Gasteiger partial charge in [-0.2, -0.15) is 5.10 Å². The van der Waals surface area contributed by atoms with Crippen LogP contribution in [0.15, 0.2) is 30.5 Å². The van der Waals surface area contributed by atoms with Gasteiger partial charge < -0.3 is 24.0 Å². The number of rotatable bonds is 6. The fourth-order valence-corrected chi connectivity index (χ4v) is 5.25. The van der Waals surface area contributed by atoms with Gasteiger partial charge in [-0.15, -0.1) is 0 Å². The molecule has 0 spiro atoms. The highest BCUT2D eigenvalue weighted by Gasteiger charge is 2.31. The predicted molar refractivity (Wildman–Crippen MR) is 154 cm³/mol. The highest BCUT2D eigenvalue weighted by molar-refractivity contribution is 5.91. The van der Waals surface area contributed by atoms with Crippen molar-refractivity contribution in [2.75, 3.05) is 45.0 Å². The Morgan fingerprint density at radius 3 is 2.54 bits per heavy atom. The minimum absolute atomic E-state index is 0.0265. The Balaban J connectivity index is 1.34. The van der Waals surface area contributed by atoms with E-state index in [1.165, 1.54) is 7.11 Å². The van der Waals surface area contributed by atoms with Crippen LogP contribution in [0, 0.1) is 5.82 Å². The van der Waals surface area contributed by atoms with Crippen molar-refractivity contribution in [2.45, 2.75) is 45.1 Å². The molecule has 0 bridgehead atoms. The molecule has 41 heavy (non-hydrogen) atoms. The zero-order chi connectivity index (χ0) is 28.9. The Bertz CT molecular complexity index is 1620. The van der Waals surface area contributed by atoms with Crippen molar-refractivity contribution >= 4 is 33.6 Å². The molecule has 0 atom stereocenters. The molecule has 3 heterocycles. The smallest absolute Gasteiger partial charge is 0.410 e. The Morgan fingerprint density at radius 2 is 1.85 bits per heavy atom. The zero-order valence-corrected chi connectivity index (χ0v) is 24.1. The molecule has 1 saturated carbocycles. The molecule has 0 radical (unpaired) electrons. The van der Waals surface area contributed by atoms with Gasteiger partial charge in [0, 0.05) is 68.9 Å². The van der Waals surface area contributed by atoms with Crippen molar-refractivity contribution in [2.24, 2.45) is 7.05 Å². The van der Waals surface area contributed by atoms with E-state index in [0.717, 1.165) is 35.1 Å². The lowest BCUT2D eigenvalue weighted by Crippen LogP contribution is -2.50. The number of hydrogen-bond donors (Lipinski definition) is 0. The van der Waals surface area contributed by atoms with Crippen LogP contribution in [0.25, 0.3) is 33.2 Å². The maximum Gasteiger partial charge on any atom is 0.410 e. The monoisotopic (exact) mass is 562 g/mol. The fourth-order valence-electron chi connectivity index (χ4n) is 5.25. The molecule has 216 valence electrons. The third kappa shape index (κ3) is 5.50. The van der Waals surface area contributed by atoms with Crippen LogP contribution < -0.4 is 9.64 Å². The summed E-state index contributed by atoms with van der Waals surface area (Å²) in [5.41, 5.74) is 2.98. The number of fused-ring (bicyclic) bond motifs is 2. The first-order valence-electron chi connectivity index (χ1n) is 13.9. The van der Waals surface area contributed by atoms with Crippen molar-refractivity contribution in [3.63, 3.8) is 0 Å². The summed E-state index contributed by atoms with van der Waals surface area (Å²) in [6.45, 7) is 8.10. The van der Waals surface area contributed by atoms with Crippen molar-refractivity contribution < 1.29 is 23.4 Å². The second-order valence-electron chi connectivity index (χ2n) is 11.7. The number of piperazine rings is 1. The maximum atomic E-state index is 15.6. The van der Waals surface area contributed by atoms with E-state index in [0.29, 0.717) is 48.9 Å². The first-order valence-corrected chi connectivity index (χ1v) is 13.9. The van der Waals surface area contributed by atoms with Crippen LogP contribution in [-0.4, -0.2) is 76.4 Å². The van der Waals surface area contributed by atoms with Gasteiger partial charge in [-0.1, -0.05) is 0 Å². The first-order chi connectivity index (χ1) is 19.6.